The van der Waals surface area contributed by atoms with Gasteiger partial charge in [-0.15, -0.1) is 0 Å². The van der Waals surface area contributed by atoms with E-state index in [1.54, 1.807) is 0 Å². The molecule has 128 valence electrons. The van der Waals surface area contributed by atoms with Gasteiger partial charge in [0.1, 0.15) is 5.25 Å². The third-order valence-electron chi connectivity index (χ3n) is 4.06. The largest absolute Gasteiger partial charge is 0.480 e. The van der Waals surface area contributed by atoms with Crippen LogP contribution < -0.4 is 0 Å². The average Bonchev–Trinajstić information content (AvgIpc) is 2.57. The number of aryl methyl sites for hydroxylation is 3. The Morgan fingerprint density at radius 2 is 1.62 bits per heavy atom. The summed E-state index contributed by atoms with van der Waals surface area (Å²) in [5.74, 6) is -0.528. The minimum Gasteiger partial charge on any atom is -0.480 e. The molecule has 0 spiro atoms. The number of carboxylic acid groups (broad SMARTS) is 1. The molecule has 3 nitrogen and oxygen atoms in total. The summed E-state index contributed by atoms with van der Waals surface area (Å²) in [4.78, 5) is 11.5. The minimum absolute atomic E-state index is 0.413. The van der Waals surface area contributed by atoms with Gasteiger partial charge in [-0.05, 0) is 43.7 Å². The van der Waals surface area contributed by atoms with E-state index in [1.165, 1.54) is 11.1 Å². The molecule has 0 aliphatic rings. The lowest BCUT2D eigenvalue weighted by Crippen LogP contribution is -2.28. The Morgan fingerprint density at radius 1 is 1.00 bits per heavy atom. The zero-order valence-corrected chi connectivity index (χ0v) is 14.8. The van der Waals surface area contributed by atoms with Crippen molar-refractivity contribution in [3.63, 3.8) is 0 Å². The van der Waals surface area contributed by atoms with E-state index >= 15 is 0 Å². The van der Waals surface area contributed by atoms with Crippen LogP contribution in [-0.2, 0) is 28.4 Å². The Kier molecular flexibility index (Phi) is 7.19. The first-order chi connectivity index (χ1) is 11.6. The zero-order valence-electron chi connectivity index (χ0n) is 14.0. The summed E-state index contributed by atoms with van der Waals surface area (Å²) in [6.45, 7) is 2.02. The Balaban J connectivity index is 1.83. The average molecular weight is 344 g/mol. The smallest absolute Gasteiger partial charge is 0.319 e. The van der Waals surface area contributed by atoms with Crippen LogP contribution in [0.15, 0.2) is 54.6 Å². The van der Waals surface area contributed by atoms with Gasteiger partial charge < -0.3 is 5.11 Å². The van der Waals surface area contributed by atoms with Crippen molar-refractivity contribution in [3.8, 4) is 0 Å². The highest BCUT2D eigenvalue weighted by Crippen LogP contribution is 2.13. The Hall–Kier alpha value is -1.94. The van der Waals surface area contributed by atoms with E-state index in [9.17, 15) is 14.1 Å². The second-order valence-corrected chi connectivity index (χ2v) is 7.76. The number of hydrogen-bond donors (Lipinski definition) is 1. The van der Waals surface area contributed by atoms with Gasteiger partial charge in [0, 0.05) is 16.6 Å². The molecule has 24 heavy (non-hydrogen) atoms. The molecule has 2 aromatic carbocycles. The first kappa shape index (κ1) is 18.4. The van der Waals surface area contributed by atoms with E-state index in [4.69, 9.17) is 0 Å². The standard InChI is InChI=1S/C20H24O3S/c1-16-9-11-18(12-10-16)13-14-19(20(21)22)24(23)15-5-8-17-6-3-2-4-7-17/h2-4,6-7,9-12,19H,5,8,13-15H2,1H3,(H,21,22). The van der Waals surface area contributed by atoms with E-state index in [0.717, 1.165) is 18.4 Å². The zero-order chi connectivity index (χ0) is 17.4. The Bertz CT molecular complexity index is 665. The fraction of sp³-hybridized carbons (Fsp3) is 0.350. The fourth-order valence-corrected chi connectivity index (χ4v) is 3.94. The first-order valence-electron chi connectivity index (χ1n) is 8.25. The van der Waals surface area contributed by atoms with Crippen molar-refractivity contribution in [2.75, 3.05) is 5.75 Å². The van der Waals surface area contributed by atoms with Crippen LogP contribution in [0, 0.1) is 6.92 Å². The van der Waals surface area contributed by atoms with E-state index in [2.05, 4.69) is 0 Å². The lowest BCUT2D eigenvalue weighted by Gasteiger charge is -2.12. The maximum atomic E-state index is 12.4. The van der Waals surface area contributed by atoms with Crippen molar-refractivity contribution < 1.29 is 14.1 Å². The van der Waals surface area contributed by atoms with E-state index in [1.807, 2.05) is 61.5 Å². The summed E-state index contributed by atoms with van der Waals surface area (Å²) in [7, 11) is -1.34. The van der Waals surface area contributed by atoms with Crippen molar-refractivity contribution in [1.82, 2.24) is 0 Å². The molecular formula is C20H24O3S. The summed E-state index contributed by atoms with van der Waals surface area (Å²) in [6, 6.07) is 18.0. The fourth-order valence-electron chi connectivity index (χ4n) is 2.63. The van der Waals surface area contributed by atoms with Crippen molar-refractivity contribution in [2.24, 2.45) is 0 Å². The summed E-state index contributed by atoms with van der Waals surface area (Å²) in [5, 5.41) is 8.60. The van der Waals surface area contributed by atoms with Crippen LogP contribution >= 0.6 is 0 Å². The molecule has 0 bridgehead atoms. The van der Waals surface area contributed by atoms with Gasteiger partial charge in [-0.3, -0.25) is 9.00 Å². The minimum atomic E-state index is -1.34. The normalized spacial score (nSPS) is 13.4. The van der Waals surface area contributed by atoms with Crippen molar-refractivity contribution in [3.05, 3.63) is 71.3 Å². The highest BCUT2D eigenvalue weighted by atomic mass is 32.2. The maximum absolute atomic E-state index is 12.4. The molecule has 0 radical (unpaired) electrons. The molecule has 0 saturated carbocycles. The highest BCUT2D eigenvalue weighted by Gasteiger charge is 2.24. The third-order valence-corrected chi connectivity index (χ3v) is 5.83. The number of carbonyl (C=O) groups is 1. The van der Waals surface area contributed by atoms with Crippen LogP contribution in [0.1, 0.15) is 29.5 Å². The molecule has 1 N–H and O–H groups in total. The number of carboxylic acids is 1. The van der Waals surface area contributed by atoms with Crippen molar-refractivity contribution >= 4 is 16.8 Å². The van der Waals surface area contributed by atoms with E-state index < -0.39 is 22.0 Å². The summed E-state index contributed by atoms with van der Waals surface area (Å²) in [5.41, 5.74) is 3.46. The molecule has 0 heterocycles. The lowest BCUT2D eigenvalue weighted by atomic mass is 10.1. The van der Waals surface area contributed by atoms with Crippen LogP contribution in [0.2, 0.25) is 0 Å². The maximum Gasteiger partial charge on any atom is 0.319 e. The van der Waals surface area contributed by atoms with Gasteiger partial charge in [-0.25, -0.2) is 0 Å². The van der Waals surface area contributed by atoms with Crippen LogP contribution in [0.25, 0.3) is 0 Å². The Labute approximate surface area is 146 Å². The molecule has 0 aliphatic carbocycles. The van der Waals surface area contributed by atoms with Crippen LogP contribution in [0.3, 0.4) is 0 Å². The summed E-state index contributed by atoms with van der Waals surface area (Å²) < 4.78 is 12.4. The van der Waals surface area contributed by atoms with Crippen LogP contribution in [0.5, 0.6) is 0 Å². The second-order valence-electron chi connectivity index (χ2n) is 6.03. The lowest BCUT2D eigenvalue weighted by molar-refractivity contribution is -0.136. The van der Waals surface area contributed by atoms with Crippen LogP contribution in [0.4, 0.5) is 0 Å². The quantitative estimate of drug-likeness (QED) is 0.753. The molecule has 0 aromatic heterocycles. The van der Waals surface area contributed by atoms with Crippen molar-refractivity contribution in [2.45, 2.75) is 37.9 Å². The molecule has 0 amide bonds. The third kappa shape index (κ3) is 5.93. The monoisotopic (exact) mass is 344 g/mol. The van der Waals surface area contributed by atoms with E-state index in [-0.39, 0.29) is 0 Å². The van der Waals surface area contributed by atoms with Crippen LogP contribution in [-0.4, -0.2) is 26.3 Å². The SMILES string of the molecule is Cc1ccc(CCC(C(=O)O)S(=O)CCCc2ccccc2)cc1. The van der Waals surface area contributed by atoms with Gasteiger partial charge in [0.25, 0.3) is 0 Å². The summed E-state index contributed by atoms with van der Waals surface area (Å²) >= 11 is 0. The molecule has 2 atom stereocenters. The molecule has 2 rings (SSSR count). The molecule has 0 fully saturated rings. The molecule has 2 aromatic rings. The number of benzene rings is 2. The molecule has 0 saturated heterocycles. The molecule has 4 heteroatoms. The van der Waals surface area contributed by atoms with E-state index in [0.29, 0.717) is 18.6 Å². The topological polar surface area (TPSA) is 54.4 Å². The van der Waals surface area contributed by atoms with Gasteiger partial charge >= 0.3 is 5.97 Å². The molecule has 2 unspecified atom stereocenters. The molecule has 0 aliphatic heterocycles. The van der Waals surface area contributed by atoms with Gasteiger partial charge in [0.05, 0.1) is 0 Å². The first-order valence-corrected chi connectivity index (χ1v) is 9.64. The van der Waals surface area contributed by atoms with Gasteiger partial charge in [0.15, 0.2) is 0 Å². The number of hydrogen-bond acceptors (Lipinski definition) is 2. The van der Waals surface area contributed by atoms with Gasteiger partial charge in [0.2, 0.25) is 0 Å². The predicted octanol–water partition coefficient (Wildman–Crippen LogP) is 3.76. The number of rotatable bonds is 9. The van der Waals surface area contributed by atoms with Crippen molar-refractivity contribution in [1.29, 1.82) is 0 Å². The second kappa shape index (κ2) is 9.38. The predicted molar refractivity (Wildman–Crippen MR) is 98.7 cm³/mol. The molecular weight excluding hydrogens is 320 g/mol. The highest BCUT2D eigenvalue weighted by molar-refractivity contribution is 7.86. The Morgan fingerprint density at radius 3 is 2.25 bits per heavy atom. The van der Waals surface area contributed by atoms with Gasteiger partial charge in [-0.2, -0.15) is 0 Å². The van der Waals surface area contributed by atoms with Gasteiger partial charge in [-0.1, -0.05) is 60.2 Å². The number of aliphatic carboxylic acids is 1. The summed E-state index contributed by atoms with van der Waals surface area (Å²) in [6.07, 6.45) is 2.62.